The molecule has 0 atom stereocenters. The van der Waals surface area contributed by atoms with Gasteiger partial charge in [0.15, 0.2) is 0 Å². The number of likely N-dealkylation sites (tertiary alicyclic amines) is 1. The van der Waals surface area contributed by atoms with Gasteiger partial charge in [-0.05, 0) is 45.2 Å². The molecule has 0 aliphatic carbocycles. The van der Waals surface area contributed by atoms with E-state index >= 15 is 0 Å². The third kappa shape index (κ3) is 4.60. The van der Waals surface area contributed by atoms with E-state index in [9.17, 15) is 14.4 Å². The molecular weight excluding hydrogens is 380 g/mol. The normalized spacial score (nSPS) is 18.4. The third-order valence-electron chi connectivity index (χ3n) is 6.05. The van der Waals surface area contributed by atoms with E-state index in [4.69, 9.17) is 0 Å². The molecule has 0 saturated carbocycles. The van der Waals surface area contributed by atoms with Crippen LogP contribution < -0.4 is 10.2 Å². The summed E-state index contributed by atoms with van der Waals surface area (Å²) >= 11 is 0. The van der Waals surface area contributed by atoms with Crippen molar-refractivity contribution in [3.8, 4) is 0 Å². The lowest BCUT2D eigenvalue weighted by Crippen LogP contribution is -2.57. The lowest BCUT2D eigenvalue weighted by Gasteiger charge is -2.43. The van der Waals surface area contributed by atoms with Gasteiger partial charge in [-0.3, -0.25) is 14.4 Å². The van der Waals surface area contributed by atoms with Crippen LogP contribution in [0.1, 0.15) is 52.9 Å². The molecule has 2 saturated heterocycles. The summed E-state index contributed by atoms with van der Waals surface area (Å²) in [6, 6.07) is 9.93. The highest BCUT2D eigenvalue weighted by Crippen LogP contribution is 2.39. The molecule has 1 spiro atoms. The number of para-hydroxylation sites is 1. The number of benzene rings is 1. The van der Waals surface area contributed by atoms with Crippen molar-refractivity contribution in [3.05, 3.63) is 30.3 Å². The SMILES string of the molecule is CCCCC(=O)N1CCC2(CC1)C(=O)N(CC(=O)NC(C)C)CN2c1ccccc1. The zero-order valence-electron chi connectivity index (χ0n) is 18.4. The summed E-state index contributed by atoms with van der Waals surface area (Å²) in [7, 11) is 0. The van der Waals surface area contributed by atoms with Crippen LogP contribution in [0, 0.1) is 0 Å². The second-order valence-corrected chi connectivity index (χ2v) is 8.65. The molecule has 2 aliphatic rings. The lowest BCUT2D eigenvalue weighted by atomic mass is 9.85. The van der Waals surface area contributed by atoms with Crippen LogP contribution >= 0.6 is 0 Å². The molecule has 7 heteroatoms. The molecule has 30 heavy (non-hydrogen) atoms. The van der Waals surface area contributed by atoms with Gasteiger partial charge in [0.1, 0.15) is 12.1 Å². The van der Waals surface area contributed by atoms with Gasteiger partial charge in [-0.2, -0.15) is 0 Å². The van der Waals surface area contributed by atoms with Crippen LogP contribution in [0.5, 0.6) is 0 Å². The number of carbonyl (C=O) groups excluding carboxylic acids is 3. The third-order valence-corrected chi connectivity index (χ3v) is 6.05. The highest BCUT2D eigenvalue weighted by atomic mass is 16.2. The number of rotatable bonds is 7. The van der Waals surface area contributed by atoms with E-state index in [0.29, 0.717) is 39.0 Å². The van der Waals surface area contributed by atoms with Crippen LogP contribution in [-0.4, -0.2) is 65.4 Å². The summed E-state index contributed by atoms with van der Waals surface area (Å²) < 4.78 is 0. The van der Waals surface area contributed by atoms with Gasteiger partial charge >= 0.3 is 0 Å². The predicted octanol–water partition coefficient (Wildman–Crippen LogP) is 2.37. The number of hydrogen-bond acceptors (Lipinski definition) is 4. The van der Waals surface area contributed by atoms with Crippen LogP contribution in [0.15, 0.2) is 30.3 Å². The lowest BCUT2D eigenvalue weighted by molar-refractivity contribution is -0.140. The number of nitrogens with one attached hydrogen (secondary N) is 1. The van der Waals surface area contributed by atoms with Crippen LogP contribution in [-0.2, 0) is 14.4 Å². The van der Waals surface area contributed by atoms with E-state index in [1.165, 1.54) is 0 Å². The number of anilines is 1. The molecule has 3 amide bonds. The Bertz CT molecular complexity index is 757. The van der Waals surface area contributed by atoms with Gasteiger partial charge in [0.2, 0.25) is 11.8 Å². The molecule has 164 valence electrons. The number of unbranched alkanes of at least 4 members (excludes halogenated alkanes) is 1. The maximum atomic E-state index is 13.5. The van der Waals surface area contributed by atoms with E-state index in [2.05, 4.69) is 17.1 Å². The van der Waals surface area contributed by atoms with E-state index < -0.39 is 5.54 Å². The van der Waals surface area contributed by atoms with Crippen molar-refractivity contribution in [2.24, 2.45) is 0 Å². The van der Waals surface area contributed by atoms with E-state index in [1.807, 2.05) is 49.1 Å². The van der Waals surface area contributed by atoms with E-state index in [1.54, 1.807) is 4.90 Å². The average molecular weight is 415 g/mol. The number of nitrogens with zero attached hydrogens (tertiary/aromatic N) is 3. The minimum absolute atomic E-state index is 0.00841. The monoisotopic (exact) mass is 414 g/mol. The predicted molar refractivity (Wildman–Crippen MR) is 117 cm³/mol. The van der Waals surface area contributed by atoms with Crippen LogP contribution in [0.25, 0.3) is 0 Å². The summed E-state index contributed by atoms with van der Waals surface area (Å²) in [5.74, 6) is 0.0260. The molecule has 0 unspecified atom stereocenters. The van der Waals surface area contributed by atoms with Gasteiger partial charge in [-0.25, -0.2) is 0 Å². The highest BCUT2D eigenvalue weighted by Gasteiger charge is 2.54. The smallest absolute Gasteiger partial charge is 0.250 e. The number of hydrogen-bond donors (Lipinski definition) is 1. The van der Waals surface area contributed by atoms with Gasteiger partial charge in [0.05, 0.1) is 6.67 Å². The largest absolute Gasteiger partial charge is 0.352 e. The zero-order chi connectivity index (χ0) is 21.7. The summed E-state index contributed by atoms with van der Waals surface area (Å²) in [6.07, 6.45) is 3.63. The average Bonchev–Trinajstić information content (AvgIpc) is 2.98. The Labute approximate surface area is 179 Å². The van der Waals surface area contributed by atoms with Crippen molar-refractivity contribution < 1.29 is 14.4 Å². The highest BCUT2D eigenvalue weighted by molar-refractivity contribution is 5.96. The molecule has 1 aromatic rings. The van der Waals surface area contributed by atoms with E-state index in [-0.39, 0.29) is 30.3 Å². The van der Waals surface area contributed by atoms with Gasteiger partial charge in [0.25, 0.3) is 5.91 Å². The first kappa shape index (κ1) is 22.1. The van der Waals surface area contributed by atoms with Gasteiger partial charge < -0.3 is 20.0 Å². The minimum atomic E-state index is -0.693. The van der Waals surface area contributed by atoms with Gasteiger partial charge in [-0.1, -0.05) is 31.5 Å². The summed E-state index contributed by atoms with van der Waals surface area (Å²) in [5.41, 5.74) is 0.282. The molecule has 3 rings (SSSR count). The molecule has 2 heterocycles. The van der Waals surface area contributed by atoms with Crippen LogP contribution in [0.2, 0.25) is 0 Å². The maximum absolute atomic E-state index is 13.5. The fraction of sp³-hybridized carbons (Fsp3) is 0.609. The molecule has 7 nitrogen and oxygen atoms in total. The summed E-state index contributed by atoms with van der Waals surface area (Å²) in [5, 5.41) is 2.87. The number of amides is 3. The fourth-order valence-electron chi connectivity index (χ4n) is 4.48. The van der Waals surface area contributed by atoms with E-state index in [0.717, 1.165) is 18.5 Å². The second kappa shape index (κ2) is 9.49. The van der Waals surface area contributed by atoms with Crippen LogP contribution in [0.3, 0.4) is 0 Å². The quantitative estimate of drug-likeness (QED) is 0.744. The zero-order valence-corrected chi connectivity index (χ0v) is 18.4. The maximum Gasteiger partial charge on any atom is 0.250 e. The first-order chi connectivity index (χ1) is 14.4. The molecule has 2 aliphatic heterocycles. The van der Waals surface area contributed by atoms with Crippen molar-refractivity contribution in [1.29, 1.82) is 0 Å². The standard InChI is InChI=1S/C23H34N4O3/c1-4-5-11-21(29)25-14-12-23(13-15-25)22(30)26(16-20(28)24-18(2)3)17-27(23)19-9-7-6-8-10-19/h6-10,18H,4-5,11-17H2,1-3H3,(H,24,28). The second-order valence-electron chi connectivity index (χ2n) is 8.65. The summed E-state index contributed by atoms with van der Waals surface area (Å²) in [6.45, 7) is 7.49. The van der Waals surface area contributed by atoms with Crippen molar-refractivity contribution in [2.75, 3.05) is 31.2 Å². The minimum Gasteiger partial charge on any atom is -0.352 e. The first-order valence-electron chi connectivity index (χ1n) is 11.1. The fourth-order valence-corrected chi connectivity index (χ4v) is 4.48. The molecule has 2 fully saturated rings. The van der Waals surface area contributed by atoms with Crippen molar-refractivity contribution in [3.63, 3.8) is 0 Å². The van der Waals surface area contributed by atoms with Gasteiger partial charge in [-0.15, -0.1) is 0 Å². The molecule has 1 N–H and O–H groups in total. The van der Waals surface area contributed by atoms with Crippen molar-refractivity contribution in [1.82, 2.24) is 15.1 Å². The Balaban J connectivity index is 1.78. The first-order valence-corrected chi connectivity index (χ1v) is 11.1. The number of carbonyl (C=O) groups is 3. The molecule has 0 aromatic heterocycles. The Morgan fingerprint density at radius 3 is 2.40 bits per heavy atom. The topological polar surface area (TPSA) is 73.0 Å². The Kier molecular flexibility index (Phi) is 7.00. The molecule has 0 bridgehead atoms. The Hall–Kier alpha value is -2.57. The molecule has 1 aromatic carbocycles. The molecule has 0 radical (unpaired) electrons. The molecular formula is C23H34N4O3. The summed E-state index contributed by atoms with van der Waals surface area (Å²) in [4.78, 5) is 44.0. The van der Waals surface area contributed by atoms with Gasteiger partial charge in [0, 0.05) is 31.2 Å². The van der Waals surface area contributed by atoms with Crippen molar-refractivity contribution in [2.45, 2.75) is 64.5 Å². The van der Waals surface area contributed by atoms with Crippen molar-refractivity contribution >= 4 is 23.4 Å². The Morgan fingerprint density at radius 1 is 1.13 bits per heavy atom. The Morgan fingerprint density at radius 2 is 1.80 bits per heavy atom. The number of piperidine rings is 1. The van der Waals surface area contributed by atoms with Crippen LogP contribution in [0.4, 0.5) is 5.69 Å².